The molecule has 0 radical (unpaired) electrons. The van der Waals surface area contributed by atoms with E-state index in [1.54, 1.807) is 0 Å². The number of para-hydroxylation sites is 1. The van der Waals surface area contributed by atoms with Crippen LogP contribution in [-0.4, -0.2) is 23.5 Å². The molecule has 0 spiro atoms. The Balaban J connectivity index is 1.77. The zero-order chi connectivity index (χ0) is 12.4. The average molecular weight is 243 g/mol. The summed E-state index contributed by atoms with van der Waals surface area (Å²) < 4.78 is 0. The Morgan fingerprint density at radius 2 is 2.17 bits per heavy atom. The van der Waals surface area contributed by atoms with E-state index in [9.17, 15) is 4.79 Å². The molecule has 1 aliphatic heterocycles. The lowest BCUT2D eigenvalue weighted by molar-refractivity contribution is -0.118. The van der Waals surface area contributed by atoms with Gasteiger partial charge in [-0.1, -0.05) is 24.6 Å². The number of H-pyrrole nitrogens is 1. The van der Waals surface area contributed by atoms with Crippen molar-refractivity contribution in [3.8, 4) is 0 Å². The van der Waals surface area contributed by atoms with Gasteiger partial charge in [0.2, 0.25) is 5.91 Å². The summed E-state index contributed by atoms with van der Waals surface area (Å²) in [5.74, 6) is 0.0689. The van der Waals surface area contributed by atoms with E-state index in [0.717, 1.165) is 42.4 Å². The molecule has 4 heteroatoms. The normalized spacial score (nSPS) is 19.9. The topological polar surface area (TPSA) is 56.9 Å². The number of fused-ring (bicyclic) bond motifs is 1. The molecule has 1 aliphatic rings. The molecule has 1 aromatic carbocycles. The van der Waals surface area contributed by atoms with Crippen LogP contribution in [0, 0.1) is 0 Å². The predicted octanol–water partition coefficient (Wildman–Crippen LogP) is 2.25. The molecule has 2 aromatic rings. The summed E-state index contributed by atoms with van der Waals surface area (Å²) in [7, 11) is 0. The van der Waals surface area contributed by atoms with Gasteiger partial charge in [0.05, 0.1) is 11.7 Å². The highest BCUT2D eigenvalue weighted by molar-refractivity contribution is 6.03. The quantitative estimate of drug-likeness (QED) is 0.757. The summed E-state index contributed by atoms with van der Waals surface area (Å²) in [5, 5.41) is 7.32. The molecule has 2 heterocycles. The van der Waals surface area contributed by atoms with Crippen LogP contribution in [0.3, 0.4) is 0 Å². The molecule has 0 aliphatic carbocycles. The van der Waals surface area contributed by atoms with Crippen LogP contribution in [0.15, 0.2) is 30.5 Å². The van der Waals surface area contributed by atoms with Crippen molar-refractivity contribution in [2.45, 2.75) is 25.3 Å². The number of aromatic amines is 1. The molecule has 18 heavy (non-hydrogen) atoms. The van der Waals surface area contributed by atoms with Crippen molar-refractivity contribution in [3.63, 3.8) is 0 Å². The average Bonchev–Trinajstić information content (AvgIpc) is 2.83. The van der Waals surface area contributed by atoms with Crippen molar-refractivity contribution >= 4 is 22.5 Å². The Kier molecular flexibility index (Phi) is 3.02. The minimum absolute atomic E-state index is 0.0487. The van der Waals surface area contributed by atoms with E-state index in [-0.39, 0.29) is 11.9 Å². The molecule has 3 N–H and O–H groups in total. The molecule has 1 aromatic heterocycles. The Morgan fingerprint density at radius 1 is 1.28 bits per heavy atom. The molecule has 3 rings (SSSR count). The number of hydrogen-bond donors (Lipinski definition) is 3. The van der Waals surface area contributed by atoms with Gasteiger partial charge in [0.15, 0.2) is 0 Å². The maximum atomic E-state index is 12.1. The number of hydrogen-bond acceptors (Lipinski definition) is 2. The van der Waals surface area contributed by atoms with E-state index in [1.165, 1.54) is 0 Å². The predicted molar refractivity (Wildman–Crippen MR) is 72.6 cm³/mol. The van der Waals surface area contributed by atoms with E-state index >= 15 is 0 Å². The van der Waals surface area contributed by atoms with Crippen LogP contribution in [0.2, 0.25) is 0 Å². The van der Waals surface area contributed by atoms with Gasteiger partial charge < -0.3 is 15.6 Å². The fourth-order valence-electron chi connectivity index (χ4n) is 2.47. The third-order valence-corrected chi connectivity index (χ3v) is 3.47. The number of anilines is 1. The lowest BCUT2D eigenvalue weighted by Gasteiger charge is -2.22. The van der Waals surface area contributed by atoms with Crippen molar-refractivity contribution < 1.29 is 4.79 Å². The largest absolute Gasteiger partial charge is 0.359 e. The second-order valence-electron chi connectivity index (χ2n) is 4.74. The van der Waals surface area contributed by atoms with Crippen LogP contribution in [0.4, 0.5) is 5.69 Å². The summed E-state index contributed by atoms with van der Waals surface area (Å²) >= 11 is 0. The van der Waals surface area contributed by atoms with Gasteiger partial charge >= 0.3 is 0 Å². The minimum atomic E-state index is -0.0487. The van der Waals surface area contributed by atoms with Crippen molar-refractivity contribution in [3.05, 3.63) is 30.5 Å². The SMILES string of the molecule is O=C(Nc1c[nH]c2ccccc12)C1CCCCN1. The molecule has 1 fully saturated rings. The van der Waals surface area contributed by atoms with Crippen LogP contribution in [0.25, 0.3) is 10.9 Å². The lowest BCUT2D eigenvalue weighted by Crippen LogP contribution is -2.43. The third-order valence-electron chi connectivity index (χ3n) is 3.47. The van der Waals surface area contributed by atoms with Gasteiger partial charge in [0, 0.05) is 17.1 Å². The lowest BCUT2D eigenvalue weighted by atomic mass is 10.0. The minimum Gasteiger partial charge on any atom is -0.359 e. The Labute approximate surface area is 106 Å². The van der Waals surface area contributed by atoms with Gasteiger partial charge in [-0.3, -0.25) is 4.79 Å². The summed E-state index contributed by atoms with van der Waals surface area (Å²) in [6.45, 7) is 0.936. The third kappa shape index (κ3) is 2.11. The van der Waals surface area contributed by atoms with E-state index in [4.69, 9.17) is 0 Å². The van der Waals surface area contributed by atoms with E-state index in [0.29, 0.717) is 0 Å². The summed E-state index contributed by atoms with van der Waals surface area (Å²) in [5.41, 5.74) is 1.91. The Morgan fingerprint density at radius 3 is 3.00 bits per heavy atom. The highest BCUT2D eigenvalue weighted by Gasteiger charge is 2.21. The summed E-state index contributed by atoms with van der Waals surface area (Å²) in [6, 6.07) is 7.92. The van der Waals surface area contributed by atoms with Gasteiger partial charge in [-0.05, 0) is 25.5 Å². The molecular formula is C14H17N3O. The molecule has 0 saturated carbocycles. The first-order chi connectivity index (χ1) is 8.84. The van der Waals surface area contributed by atoms with E-state index < -0.39 is 0 Å². The zero-order valence-electron chi connectivity index (χ0n) is 10.2. The number of aromatic nitrogens is 1. The molecule has 1 unspecified atom stereocenters. The van der Waals surface area contributed by atoms with Crippen LogP contribution >= 0.6 is 0 Å². The van der Waals surface area contributed by atoms with Crippen molar-refractivity contribution in [2.24, 2.45) is 0 Å². The number of carbonyl (C=O) groups is 1. The number of nitrogens with one attached hydrogen (secondary N) is 3. The monoisotopic (exact) mass is 243 g/mol. The Hall–Kier alpha value is -1.81. The standard InChI is InChI=1S/C14H17N3O/c18-14(12-7-3-4-8-15-12)17-13-9-16-11-6-2-1-5-10(11)13/h1-2,5-6,9,12,15-16H,3-4,7-8H2,(H,17,18). The first kappa shape index (κ1) is 11.3. The van der Waals surface area contributed by atoms with Crippen molar-refractivity contribution in [1.29, 1.82) is 0 Å². The number of benzene rings is 1. The van der Waals surface area contributed by atoms with Gasteiger partial charge in [0.25, 0.3) is 0 Å². The molecule has 1 amide bonds. The maximum Gasteiger partial charge on any atom is 0.241 e. The van der Waals surface area contributed by atoms with Gasteiger partial charge in [-0.2, -0.15) is 0 Å². The van der Waals surface area contributed by atoms with E-state index in [1.807, 2.05) is 30.5 Å². The molecule has 4 nitrogen and oxygen atoms in total. The van der Waals surface area contributed by atoms with Gasteiger partial charge in [-0.15, -0.1) is 0 Å². The maximum absolute atomic E-state index is 12.1. The fraction of sp³-hybridized carbons (Fsp3) is 0.357. The van der Waals surface area contributed by atoms with Crippen LogP contribution in [-0.2, 0) is 4.79 Å². The Bertz CT molecular complexity index is 555. The number of amides is 1. The fourth-order valence-corrected chi connectivity index (χ4v) is 2.47. The first-order valence-corrected chi connectivity index (χ1v) is 6.45. The van der Waals surface area contributed by atoms with Crippen molar-refractivity contribution in [2.75, 3.05) is 11.9 Å². The first-order valence-electron chi connectivity index (χ1n) is 6.45. The highest BCUT2D eigenvalue weighted by Crippen LogP contribution is 2.23. The summed E-state index contributed by atoms with van der Waals surface area (Å²) in [6.07, 6.45) is 5.06. The molecule has 0 bridgehead atoms. The molecule has 1 saturated heterocycles. The van der Waals surface area contributed by atoms with Crippen LogP contribution in [0.5, 0.6) is 0 Å². The van der Waals surface area contributed by atoms with Crippen LogP contribution < -0.4 is 10.6 Å². The van der Waals surface area contributed by atoms with E-state index in [2.05, 4.69) is 15.6 Å². The molecular weight excluding hydrogens is 226 g/mol. The number of rotatable bonds is 2. The second kappa shape index (κ2) is 4.82. The number of piperidine rings is 1. The highest BCUT2D eigenvalue weighted by atomic mass is 16.2. The summed E-state index contributed by atoms with van der Waals surface area (Å²) in [4.78, 5) is 15.3. The van der Waals surface area contributed by atoms with Gasteiger partial charge in [0.1, 0.15) is 0 Å². The van der Waals surface area contributed by atoms with Gasteiger partial charge in [-0.25, -0.2) is 0 Å². The van der Waals surface area contributed by atoms with Crippen LogP contribution in [0.1, 0.15) is 19.3 Å². The zero-order valence-corrected chi connectivity index (χ0v) is 10.2. The molecule has 1 atom stereocenters. The van der Waals surface area contributed by atoms with Crippen molar-refractivity contribution in [1.82, 2.24) is 10.3 Å². The number of carbonyl (C=O) groups excluding carboxylic acids is 1. The smallest absolute Gasteiger partial charge is 0.241 e. The molecule has 94 valence electrons. The second-order valence-corrected chi connectivity index (χ2v) is 4.74.